The lowest BCUT2D eigenvalue weighted by atomic mass is 10.0. The van der Waals surface area contributed by atoms with Gasteiger partial charge in [0.05, 0.1) is 0 Å². The molecule has 1 aliphatic rings. The van der Waals surface area contributed by atoms with Crippen LogP contribution in [0.4, 0.5) is 0 Å². The van der Waals surface area contributed by atoms with Crippen LogP contribution in [0.1, 0.15) is 24.4 Å². The molecule has 0 saturated carbocycles. The Kier molecular flexibility index (Phi) is 3.57. The van der Waals surface area contributed by atoms with Gasteiger partial charge in [-0.05, 0) is 43.1 Å². The predicted octanol–water partition coefficient (Wildman–Crippen LogP) is 3.78. The quantitative estimate of drug-likeness (QED) is 0.824. The standard InChI is InChI=1S/C12H13BrN2.ClH/c13-8-3-4-12-9(6-8)10(7-15-12)11-2-1-5-14-11;/h3-4,6-7,11,14-15H,1-2,5H2;1H/t11-;/m0./s1. The van der Waals surface area contributed by atoms with Gasteiger partial charge in [-0.3, -0.25) is 0 Å². The van der Waals surface area contributed by atoms with E-state index in [1.54, 1.807) is 0 Å². The minimum atomic E-state index is 0. The van der Waals surface area contributed by atoms with Crippen molar-refractivity contribution in [3.63, 3.8) is 0 Å². The number of rotatable bonds is 1. The van der Waals surface area contributed by atoms with Crippen LogP contribution in [0.25, 0.3) is 10.9 Å². The number of benzene rings is 1. The molecular formula is C12H14BrClN2. The van der Waals surface area contributed by atoms with Gasteiger partial charge in [-0.2, -0.15) is 0 Å². The van der Waals surface area contributed by atoms with Crippen LogP contribution in [0.2, 0.25) is 0 Å². The highest BCUT2D eigenvalue weighted by molar-refractivity contribution is 9.10. The van der Waals surface area contributed by atoms with Crippen molar-refractivity contribution in [2.24, 2.45) is 0 Å². The van der Waals surface area contributed by atoms with Crippen molar-refractivity contribution in [1.29, 1.82) is 0 Å². The van der Waals surface area contributed by atoms with Crippen molar-refractivity contribution in [3.8, 4) is 0 Å². The number of aromatic amines is 1. The first-order valence-electron chi connectivity index (χ1n) is 5.34. The molecule has 0 unspecified atom stereocenters. The summed E-state index contributed by atoms with van der Waals surface area (Å²) in [5.74, 6) is 0. The van der Waals surface area contributed by atoms with Crippen molar-refractivity contribution in [2.75, 3.05) is 6.54 Å². The van der Waals surface area contributed by atoms with Crippen molar-refractivity contribution in [3.05, 3.63) is 34.4 Å². The van der Waals surface area contributed by atoms with Gasteiger partial charge in [0, 0.05) is 27.6 Å². The highest BCUT2D eigenvalue weighted by atomic mass is 79.9. The molecule has 0 bridgehead atoms. The van der Waals surface area contributed by atoms with Gasteiger partial charge in [0.25, 0.3) is 0 Å². The smallest absolute Gasteiger partial charge is 0.0458 e. The summed E-state index contributed by atoms with van der Waals surface area (Å²) in [6, 6.07) is 6.93. The van der Waals surface area contributed by atoms with Crippen molar-refractivity contribution >= 4 is 39.2 Å². The Morgan fingerprint density at radius 2 is 2.19 bits per heavy atom. The van der Waals surface area contributed by atoms with Crippen LogP contribution < -0.4 is 5.32 Å². The topological polar surface area (TPSA) is 27.8 Å². The molecule has 1 atom stereocenters. The Bertz CT molecular complexity index is 489. The van der Waals surface area contributed by atoms with E-state index in [1.165, 1.54) is 29.3 Å². The summed E-state index contributed by atoms with van der Waals surface area (Å²) in [7, 11) is 0. The third-order valence-electron chi connectivity index (χ3n) is 3.11. The van der Waals surface area contributed by atoms with Gasteiger partial charge < -0.3 is 10.3 Å². The lowest BCUT2D eigenvalue weighted by Gasteiger charge is -2.08. The second kappa shape index (κ2) is 4.78. The predicted molar refractivity (Wildman–Crippen MR) is 73.2 cm³/mol. The first kappa shape index (κ1) is 12.0. The molecule has 4 heteroatoms. The van der Waals surface area contributed by atoms with E-state index in [2.05, 4.69) is 50.6 Å². The van der Waals surface area contributed by atoms with E-state index in [0.29, 0.717) is 6.04 Å². The van der Waals surface area contributed by atoms with Crippen molar-refractivity contribution < 1.29 is 0 Å². The lowest BCUT2D eigenvalue weighted by Crippen LogP contribution is -2.12. The maximum absolute atomic E-state index is 3.54. The molecule has 2 nitrogen and oxygen atoms in total. The summed E-state index contributed by atoms with van der Waals surface area (Å²) in [6.45, 7) is 1.14. The molecule has 0 radical (unpaired) electrons. The van der Waals surface area contributed by atoms with Gasteiger partial charge in [-0.1, -0.05) is 15.9 Å². The monoisotopic (exact) mass is 300 g/mol. The Labute approximate surface area is 109 Å². The molecule has 1 aromatic heterocycles. The average Bonchev–Trinajstić information content (AvgIpc) is 2.83. The first-order chi connectivity index (χ1) is 7.34. The number of hydrogen-bond acceptors (Lipinski definition) is 1. The van der Waals surface area contributed by atoms with E-state index in [0.717, 1.165) is 11.0 Å². The van der Waals surface area contributed by atoms with Crippen LogP contribution in [-0.4, -0.2) is 11.5 Å². The zero-order valence-corrected chi connectivity index (χ0v) is 11.2. The molecule has 86 valence electrons. The Morgan fingerprint density at radius 1 is 1.31 bits per heavy atom. The number of halogens is 2. The second-order valence-corrected chi connectivity index (χ2v) is 5.00. The molecule has 0 aliphatic carbocycles. The van der Waals surface area contributed by atoms with Gasteiger partial charge in [-0.15, -0.1) is 12.4 Å². The second-order valence-electron chi connectivity index (χ2n) is 4.08. The van der Waals surface area contributed by atoms with E-state index in [-0.39, 0.29) is 12.4 Å². The third-order valence-corrected chi connectivity index (χ3v) is 3.60. The van der Waals surface area contributed by atoms with Crippen LogP contribution >= 0.6 is 28.3 Å². The highest BCUT2D eigenvalue weighted by Crippen LogP contribution is 2.31. The summed E-state index contributed by atoms with van der Waals surface area (Å²) in [4.78, 5) is 3.33. The number of hydrogen-bond donors (Lipinski definition) is 2. The van der Waals surface area contributed by atoms with E-state index in [4.69, 9.17) is 0 Å². The molecule has 3 rings (SSSR count). The Hall–Kier alpha value is -0.510. The molecule has 0 amide bonds. The molecule has 2 aromatic rings. The SMILES string of the molecule is Brc1ccc2[nH]cc([C@@H]3CCCN3)c2c1.Cl. The van der Waals surface area contributed by atoms with E-state index in [9.17, 15) is 0 Å². The third kappa shape index (κ3) is 1.99. The van der Waals surface area contributed by atoms with E-state index in [1.807, 2.05) is 0 Å². The first-order valence-corrected chi connectivity index (χ1v) is 6.14. The van der Waals surface area contributed by atoms with E-state index >= 15 is 0 Å². The van der Waals surface area contributed by atoms with Gasteiger partial charge >= 0.3 is 0 Å². The van der Waals surface area contributed by atoms with Gasteiger partial charge in [0.2, 0.25) is 0 Å². The molecular weight excluding hydrogens is 288 g/mol. The average molecular weight is 302 g/mol. The summed E-state index contributed by atoms with van der Waals surface area (Å²) in [5.41, 5.74) is 2.63. The molecule has 1 fully saturated rings. The van der Waals surface area contributed by atoms with Gasteiger partial charge in [0.15, 0.2) is 0 Å². The zero-order chi connectivity index (χ0) is 10.3. The van der Waals surface area contributed by atoms with Crippen LogP contribution in [0.3, 0.4) is 0 Å². The van der Waals surface area contributed by atoms with Crippen LogP contribution in [-0.2, 0) is 0 Å². The molecule has 16 heavy (non-hydrogen) atoms. The van der Waals surface area contributed by atoms with Gasteiger partial charge in [0.1, 0.15) is 0 Å². The van der Waals surface area contributed by atoms with Crippen LogP contribution in [0.15, 0.2) is 28.9 Å². The van der Waals surface area contributed by atoms with E-state index < -0.39 is 0 Å². The fourth-order valence-corrected chi connectivity index (χ4v) is 2.71. The molecule has 1 aliphatic heterocycles. The zero-order valence-electron chi connectivity index (χ0n) is 8.79. The molecule has 2 N–H and O–H groups in total. The minimum absolute atomic E-state index is 0. The van der Waals surface area contributed by atoms with Crippen molar-refractivity contribution in [2.45, 2.75) is 18.9 Å². The van der Waals surface area contributed by atoms with Gasteiger partial charge in [-0.25, -0.2) is 0 Å². The summed E-state index contributed by atoms with van der Waals surface area (Å²) in [6.07, 6.45) is 4.67. The number of fused-ring (bicyclic) bond motifs is 1. The molecule has 1 saturated heterocycles. The number of aromatic nitrogens is 1. The summed E-state index contributed by atoms with van der Waals surface area (Å²) < 4.78 is 1.15. The highest BCUT2D eigenvalue weighted by Gasteiger charge is 2.19. The largest absolute Gasteiger partial charge is 0.361 e. The fourth-order valence-electron chi connectivity index (χ4n) is 2.35. The Morgan fingerprint density at radius 3 is 2.94 bits per heavy atom. The van der Waals surface area contributed by atoms with Crippen LogP contribution in [0, 0.1) is 0 Å². The van der Waals surface area contributed by atoms with Crippen LogP contribution in [0.5, 0.6) is 0 Å². The maximum atomic E-state index is 3.54. The molecule has 2 heterocycles. The van der Waals surface area contributed by atoms with Crippen molar-refractivity contribution in [1.82, 2.24) is 10.3 Å². The fraction of sp³-hybridized carbons (Fsp3) is 0.333. The Balaban J connectivity index is 0.000000963. The lowest BCUT2D eigenvalue weighted by molar-refractivity contribution is 0.652. The maximum Gasteiger partial charge on any atom is 0.0458 e. The summed E-state index contributed by atoms with van der Waals surface area (Å²) >= 11 is 3.53. The normalized spacial score (nSPS) is 19.9. The molecule has 0 spiro atoms. The molecule has 1 aromatic carbocycles. The number of nitrogens with one attached hydrogen (secondary N) is 2. The minimum Gasteiger partial charge on any atom is -0.361 e. The number of H-pyrrole nitrogens is 1. The summed E-state index contributed by atoms with van der Waals surface area (Å²) in [5, 5.41) is 4.87.